The van der Waals surface area contributed by atoms with Gasteiger partial charge in [0.15, 0.2) is 0 Å². The molecular weight excluding hydrogens is 338 g/mol. The van der Waals surface area contributed by atoms with E-state index in [2.05, 4.69) is 10.2 Å². The van der Waals surface area contributed by atoms with Gasteiger partial charge in [0.2, 0.25) is 0 Å². The third-order valence-corrected chi connectivity index (χ3v) is 5.60. The maximum atomic E-state index is 12.9. The monoisotopic (exact) mass is 363 g/mol. The molecule has 2 aliphatic rings. The van der Waals surface area contributed by atoms with Crippen molar-refractivity contribution in [1.82, 2.24) is 10.2 Å². The molecule has 0 bridgehead atoms. The van der Waals surface area contributed by atoms with Crippen molar-refractivity contribution in [2.45, 2.75) is 38.4 Å². The standard InChI is InChI=1S/C22H25N3O2/c1-24-19-14-17(21(26)23-15-16-8-4-2-5-9-16)11-12-18(19)22(27)25-13-7-3-6-10-20(24)25/h2,4-5,8-9,11-12,14,20H,3,6-7,10,13,15H2,1H3,(H,23,26). The lowest BCUT2D eigenvalue weighted by atomic mass is 10.0. The number of nitrogens with zero attached hydrogens (tertiary/aromatic N) is 2. The van der Waals surface area contributed by atoms with Gasteiger partial charge in [-0.25, -0.2) is 0 Å². The van der Waals surface area contributed by atoms with Crippen LogP contribution in [0.5, 0.6) is 0 Å². The molecule has 1 unspecified atom stereocenters. The van der Waals surface area contributed by atoms with E-state index >= 15 is 0 Å². The molecule has 0 spiro atoms. The molecule has 2 aliphatic heterocycles. The molecule has 1 fully saturated rings. The van der Waals surface area contributed by atoms with Gasteiger partial charge in [-0.3, -0.25) is 9.59 Å². The van der Waals surface area contributed by atoms with Crippen molar-refractivity contribution >= 4 is 17.5 Å². The van der Waals surface area contributed by atoms with E-state index in [0.29, 0.717) is 17.7 Å². The van der Waals surface area contributed by atoms with Crippen LogP contribution in [0.15, 0.2) is 48.5 Å². The van der Waals surface area contributed by atoms with Crippen molar-refractivity contribution in [3.63, 3.8) is 0 Å². The Kier molecular flexibility index (Phi) is 4.84. The number of carbonyl (C=O) groups excluding carboxylic acids is 2. The van der Waals surface area contributed by atoms with Crippen LogP contribution in [-0.2, 0) is 6.54 Å². The van der Waals surface area contributed by atoms with Gasteiger partial charge in [0, 0.05) is 25.7 Å². The first-order valence-electron chi connectivity index (χ1n) is 9.65. The first-order valence-corrected chi connectivity index (χ1v) is 9.65. The van der Waals surface area contributed by atoms with Gasteiger partial charge in [0.05, 0.1) is 11.3 Å². The Morgan fingerprint density at radius 2 is 1.93 bits per heavy atom. The van der Waals surface area contributed by atoms with E-state index in [0.717, 1.165) is 43.5 Å². The topological polar surface area (TPSA) is 52.7 Å². The number of benzene rings is 2. The van der Waals surface area contributed by atoms with E-state index in [4.69, 9.17) is 0 Å². The third kappa shape index (κ3) is 3.42. The molecule has 140 valence electrons. The lowest BCUT2D eigenvalue weighted by molar-refractivity contribution is 0.0661. The molecule has 1 saturated heterocycles. The van der Waals surface area contributed by atoms with Crippen LogP contribution in [0.4, 0.5) is 5.69 Å². The molecule has 1 N–H and O–H groups in total. The Hall–Kier alpha value is -2.82. The molecule has 4 rings (SSSR count). The normalized spacial score (nSPS) is 19.1. The zero-order valence-electron chi connectivity index (χ0n) is 15.6. The average Bonchev–Trinajstić information content (AvgIpc) is 2.97. The fraction of sp³-hybridized carbons (Fsp3) is 0.364. The highest BCUT2D eigenvalue weighted by atomic mass is 16.2. The average molecular weight is 363 g/mol. The van der Waals surface area contributed by atoms with Crippen molar-refractivity contribution in [3.8, 4) is 0 Å². The number of amides is 2. The maximum absolute atomic E-state index is 12.9. The molecule has 2 aromatic rings. The largest absolute Gasteiger partial charge is 0.354 e. The maximum Gasteiger partial charge on any atom is 0.257 e. The smallest absolute Gasteiger partial charge is 0.257 e. The van der Waals surface area contributed by atoms with Gasteiger partial charge in [-0.15, -0.1) is 0 Å². The molecular formula is C22H25N3O2. The molecule has 1 atom stereocenters. The highest BCUT2D eigenvalue weighted by molar-refractivity contribution is 6.04. The molecule has 27 heavy (non-hydrogen) atoms. The van der Waals surface area contributed by atoms with Crippen LogP contribution < -0.4 is 10.2 Å². The molecule has 5 nitrogen and oxygen atoms in total. The Bertz CT molecular complexity index is 850. The van der Waals surface area contributed by atoms with Gasteiger partial charge < -0.3 is 15.1 Å². The predicted molar refractivity (Wildman–Crippen MR) is 106 cm³/mol. The van der Waals surface area contributed by atoms with Crippen LogP contribution >= 0.6 is 0 Å². The highest BCUT2D eigenvalue weighted by Gasteiger charge is 2.36. The molecule has 0 aliphatic carbocycles. The van der Waals surface area contributed by atoms with Crippen molar-refractivity contribution in [2.75, 3.05) is 18.5 Å². The Labute approximate surface area is 160 Å². The van der Waals surface area contributed by atoms with Crippen molar-refractivity contribution in [1.29, 1.82) is 0 Å². The summed E-state index contributed by atoms with van der Waals surface area (Å²) in [6.07, 6.45) is 4.43. The van der Waals surface area contributed by atoms with E-state index in [1.165, 1.54) is 0 Å². The summed E-state index contributed by atoms with van der Waals surface area (Å²) in [5.41, 5.74) is 3.20. The zero-order valence-corrected chi connectivity index (χ0v) is 15.6. The van der Waals surface area contributed by atoms with Crippen LogP contribution in [0.25, 0.3) is 0 Å². The summed E-state index contributed by atoms with van der Waals surface area (Å²) in [7, 11) is 2.03. The summed E-state index contributed by atoms with van der Waals surface area (Å²) in [4.78, 5) is 29.7. The number of anilines is 1. The molecule has 0 radical (unpaired) electrons. The van der Waals surface area contributed by atoms with Gasteiger partial charge in [-0.2, -0.15) is 0 Å². The summed E-state index contributed by atoms with van der Waals surface area (Å²) < 4.78 is 0. The SMILES string of the molecule is CN1c2cc(C(=O)NCc3ccccc3)ccc2C(=O)N2CCCCCC21. The van der Waals surface area contributed by atoms with Crippen LogP contribution in [0.2, 0.25) is 0 Å². The summed E-state index contributed by atoms with van der Waals surface area (Å²) in [6, 6.07) is 15.3. The first-order chi connectivity index (χ1) is 13.1. The van der Waals surface area contributed by atoms with Crippen LogP contribution in [0.3, 0.4) is 0 Å². The van der Waals surface area contributed by atoms with Gasteiger partial charge in [-0.05, 0) is 43.0 Å². The minimum Gasteiger partial charge on any atom is -0.354 e. The number of fused-ring (bicyclic) bond motifs is 2. The lowest BCUT2D eigenvalue weighted by Crippen LogP contribution is -2.53. The van der Waals surface area contributed by atoms with Gasteiger partial charge in [0.25, 0.3) is 11.8 Å². The van der Waals surface area contributed by atoms with E-state index in [9.17, 15) is 9.59 Å². The minimum atomic E-state index is -0.120. The molecule has 0 saturated carbocycles. The number of hydrogen-bond donors (Lipinski definition) is 1. The molecule has 2 heterocycles. The zero-order chi connectivity index (χ0) is 18.8. The van der Waals surface area contributed by atoms with E-state index < -0.39 is 0 Å². The number of rotatable bonds is 3. The summed E-state index contributed by atoms with van der Waals surface area (Å²) in [5.74, 6) is -0.0305. The Morgan fingerprint density at radius 1 is 1.11 bits per heavy atom. The van der Waals surface area contributed by atoms with Crippen molar-refractivity contribution in [2.24, 2.45) is 0 Å². The Morgan fingerprint density at radius 3 is 2.74 bits per heavy atom. The van der Waals surface area contributed by atoms with Gasteiger partial charge >= 0.3 is 0 Å². The molecule has 2 aromatic carbocycles. The quantitative estimate of drug-likeness (QED) is 0.909. The fourth-order valence-corrected chi connectivity index (χ4v) is 4.07. The Balaban J connectivity index is 1.56. The van der Waals surface area contributed by atoms with E-state index in [1.807, 2.05) is 48.3 Å². The van der Waals surface area contributed by atoms with Crippen molar-refractivity contribution in [3.05, 3.63) is 65.2 Å². The molecule has 2 amide bonds. The van der Waals surface area contributed by atoms with Gasteiger partial charge in [-0.1, -0.05) is 36.8 Å². The molecule has 0 aromatic heterocycles. The van der Waals surface area contributed by atoms with Gasteiger partial charge in [0.1, 0.15) is 6.17 Å². The second kappa shape index (κ2) is 7.43. The molecule has 5 heteroatoms. The first kappa shape index (κ1) is 17.6. The van der Waals surface area contributed by atoms with Crippen molar-refractivity contribution < 1.29 is 9.59 Å². The summed E-state index contributed by atoms with van der Waals surface area (Å²) >= 11 is 0. The predicted octanol–water partition coefficient (Wildman–Crippen LogP) is 3.41. The second-order valence-electron chi connectivity index (χ2n) is 7.34. The third-order valence-electron chi connectivity index (χ3n) is 5.60. The summed E-state index contributed by atoms with van der Waals surface area (Å²) in [5, 5.41) is 2.96. The number of nitrogens with one attached hydrogen (secondary N) is 1. The summed E-state index contributed by atoms with van der Waals surface area (Å²) in [6.45, 7) is 1.30. The second-order valence-corrected chi connectivity index (χ2v) is 7.34. The van der Waals surface area contributed by atoms with Crippen LogP contribution in [-0.4, -0.2) is 36.5 Å². The van der Waals surface area contributed by atoms with E-state index in [1.54, 1.807) is 12.1 Å². The fourth-order valence-electron chi connectivity index (χ4n) is 4.07. The van der Waals surface area contributed by atoms with Crippen LogP contribution in [0.1, 0.15) is 52.0 Å². The minimum absolute atomic E-state index is 0.0891. The highest BCUT2D eigenvalue weighted by Crippen LogP contribution is 2.34. The van der Waals surface area contributed by atoms with E-state index in [-0.39, 0.29) is 18.0 Å². The lowest BCUT2D eigenvalue weighted by Gasteiger charge is -2.43. The van der Waals surface area contributed by atoms with Crippen LogP contribution in [0, 0.1) is 0 Å². The number of carbonyl (C=O) groups is 2. The number of hydrogen-bond acceptors (Lipinski definition) is 3.